The van der Waals surface area contributed by atoms with E-state index >= 15 is 0 Å². The minimum atomic E-state index is -1.12. The molecule has 0 spiro atoms. The van der Waals surface area contributed by atoms with E-state index in [1.807, 2.05) is 30.3 Å². The van der Waals surface area contributed by atoms with Gasteiger partial charge in [0.25, 0.3) is 0 Å². The van der Waals surface area contributed by atoms with E-state index < -0.39 is 7.92 Å². The standard InChI is InChI=1S/C27H33O3P/c1-7-12-19-13-8-9-17-23(19)31(26-21(29-5)15-11-16-22(26)30-6)24-18-10-14-20(25(24)28)27(2,3)4/h8-11,13-18,28H,7,12H2,1-6H3. The first kappa shape index (κ1) is 23.2. The van der Waals surface area contributed by atoms with Gasteiger partial charge in [-0.2, -0.15) is 0 Å². The Morgan fingerprint density at radius 3 is 1.97 bits per heavy atom. The van der Waals surface area contributed by atoms with Crippen LogP contribution in [0.1, 0.15) is 45.2 Å². The van der Waals surface area contributed by atoms with Gasteiger partial charge in [-0.1, -0.05) is 82.6 Å². The number of hydrogen-bond donors (Lipinski definition) is 1. The van der Waals surface area contributed by atoms with Crippen LogP contribution in [0.4, 0.5) is 0 Å². The summed E-state index contributed by atoms with van der Waals surface area (Å²) in [5.41, 5.74) is 2.07. The van der Waals surface area contributed by atoms with Gasteiger partial charge < -0.3 is 14.6 Å². The number of benzene rings is 3. The van der Waals surface area contributed by atoms with Crippen LogP contribution in [0.2, 0.25) is 0 Å². The van der Waals surface area contributed by atoms with Crippen LogP contribution in [-0.2, 0) is 11.8 Å². The number of aryl methyl sites for hydroxylation is 1. The lowest BCUT2D eigenvalue weighted by atomic mass is 9.86. The van der Waals surface area contributed by atoms with Crippen molar-refractivity contribution in [3.63, 3.8) is 0 Å². The lowest BCUT2D eigenvalue weighted by Gasteiger charge is -2.28. The fraction of sp³-hybridized carbons (Fsp3) is 0.333. The molecule has 0 fully saturated rings. The third-order valence-corrected chi connectivity index (χ3v) is 8.09. The molecule has 0 bridgehead atoms. The molecule has 31 heavy (non-hydrogen) atoms. The van der Waals surface area contributed by atoms with Gasteiger partial charge >= 0.3 is 0 Å². The van der Waals surface area contributed by atoms with Crippen LogP contribution < -0.4 is 25.4 Å². The Bertz CT molecular complexity index is 1010. The van der Waals surface area contributed by atoms with Gasteiger partial charge in [0.1, 0.15) is 17.2 Å². The van der Waals surface area contributed by atoms with Crippen LogP contribution >= 0.6 is 7.92 Å². The fourth-order valence-corrected chi connectivity index (χ4v) is 6.74. The highest BCUT2D eigenvalue weighted by Gasteiger charge is 2.30. The second-order valence-electron chi connectivity index (χ2n) is 8.65. The Hall–Kier alpha value is -2.51. The largest absolute Gasteiger partial charge is 0.507 e. The Kier molecular flexibility index (Phi) is 7.28. The summed E-state index contributed by atoms with van der Waals surface area (Å²) in [6.45, 7) is 8.58. The third kappa shape index (κ3) is 4.72. The predicted octanol–water partition coefficient (Wildman–Crippen LogP) is 5.42. The van der Waals surface area contributed by atoms with Gasteiger partial charge in [-0.05, 0) is 48.3 Å². The summed E-state index contributed by atoms with van der Waals surface area (Å²) >= 11 is 0. The first-order chi connectivity index (χ1) is 14.8. The molecule has 1 N–H and O–H groups in total. The number of phenols is 1. The SMILES string of the molecule is CCCc1ccccc1P(c1cccc(C(C)(C)C)c1O)c1c(OC)cccc1OC. The van der Waals surface area contributed by atoms with Crippen LogP contribution in [0.25, 0.3) is 0 Å². The van der Waals surface area contributed by atoms with E-state index in [0.717, 1.165) is 40.5 Å². The minimum absolute atomic E-state index is 0.172. The predicted molar refractivity (Wildman–Crippen MR) is 133 cm³/mol. The maximum atomic E-state index is 11.5. The van der Waals surface area contributed by atoms with E-state index in [1.54, 1.807) is 14.2 Å². The first-order valence-corrected chi connectivity index (χ1v) is 12.1. The maximum absolute atomic E-state index is 11.5. The number of aromatic hydroxyl groups is 1. The Morgan fingerprint density at radius 2 is 1.39 bits per heavy atom. The third-order valence-electron chi connectivity index (χ3n) is 5.44. The van der Waals surface area contributed by atoms with Gasteiger partial charge in [-0.25, -0.2) is 0 Å². The van der Waals surface area contributed by atoms with Crippen LogP contribution in [-0.4, -0.2) is 19.3 Å². The highest BCUT2D eigenvalue weighted by atomic mass is 31.1. The number of phenolic OH excluding ortho intramolecular Hbond substituents is 1. The van der Waals surface area contributed by atoms with Crippen molar-refractivity contribution < 1.29 is 14.6 Å². The Morgan fingerprint density at radius 1 is 0.806 bits per heavy atom. The van der Waals surface area contributed by atoms with Gasteiger partial charge in [0.15, 0.2) is 0 Å². The zero-order valence-electron chi connectivity index (χ0n) is 19.4. The number of hydrogen-bond acceptors (Lipinski definition) is 3. The number of methoxy groups -OCH3 is 2. The van der Waals surface area contributed by atoms with E-state index in [1.165, 1.54) is 10.9 Å². The second-order valence-corrected chi connectivity index (χ2v) is 10.7. The van der Waals surface area contributed by atoms with E-state index in [-0.39, 0.29) is 5.41 Å². The quantitative estimate of drug-likeness (QED) is 0.503. The topological polar surface area (TPSA) is 38.7 Å². The molecule has 0 aromatic heterocycles. The summed E-state index contributed by atoms with van der Waals surface area (Å²) in [5, 5.41) is 14.6. The van der Waals surface area contributed by atoms with Crippen molar-refractivity contribution >= 4 is 23.8 Å². The van der Waals surface area contributed by atoms with Crippen molar-refractivity contribution in [3.05, 3.63) is 71.8 Å². The average Bonchev–Trinajstić information content (AvgIpc) is 2.75. The lowest BCUT2D eigenvalue weighted by molar-refractivity contribution is 0.401. The van der Waals surface area contributed by atoms with E-state index in [2.05, 4.69) is 58.0 Å². The zero-order valence-corrected chi connectivity index (χ0v) is 20.3. The molecule has 0 saturated heterocycles. The molecule has 0 saturated carbocycles. The minimum Gasteiger partial charge on any atom is -0.507 e. The zero-order chi connectivity index (χ0) is 22.6. The molecular weight excluding hydrogens is 403 g/mol. The van der Waals surface area contributed by atoms with Gasteiger partial charge in [-0.3, -0.25) is 0 Å². The molecule has 0 heterocycles. The highest BCUT2D eigenvalue weighted by molar-refractivity contribution is 7.80. The Labute approximate surface area is 187 Å². The fourth-order valence-electron chi connectivity index (χ4n) is 3.95. The van der Waals surface area contributed by atoms with E-state index in [0.29, 0.717) is 5.75 Å². The molecular formula is C27H33O3P. The van der Waals surface area contributed by atoms with Crippen LogP contribution in [0.15, 0.2) is 60.7 Å². The van der Waals surface area contributed by atoms with Crippen molar-refractivity contribution in [2.75, 3.05) is 14.2 Å². The molecule has 0 radical (unpaired) electrons. The summed E-state index contributed by atoms with van der Waals surface area (Å²) < 4.78 is 11.6. The monoisotopic (exact) mass is 436 g/mol. The smallest absolute Gasteiger partial charge is 0.130 e. The maximum Gasteiger partial charge on any atom is 0.130 e. The molecule has 1 unspecified atom stereocenters. The van der Waals surface area contributed by atoms with Crippen LogP contribution in [0, 0.1) is 0 Å². The molecule has 4 heteroatoms. The summed E-state index contributed by atoms with van der Waals surface area (Å²) in [6.07, 6.45) is 2.03. The number of rotatable bonds is 7. The normalized spacial score (nSPS) is 12.5. The molecule has 3 rings (SSSR count). The van der Waals surface area contributed by atoms with Crippen molar-refractivity contribution in [2.24, 2.45) is 0 Å². The molecule has 0 aliphatic carbocycles. The molecule has 3 nitrogen and oxygen atoms in total. The van der Waals surface area contributed by atoms with Gasteiger partial charge in [0.2, 0.25) is 0 Å². The molecule has 0 aliphatic rings. The summed E-state index contributed by atoms with van der Waals surface area (Å²) in [4.78, 5) is 0. The molecule has 1 atom stereocenters. The number of para-hydroxylation sites is 1. The van der Waals surface area contributed by atoms with Crippen LogP contribution in [0.3, 0.4) is 0 Å². The average molecular weight is 437 g/mol. The summed E-state index contributed by atoms with van der Waals surface area (Å²) in [5.74, 6) is 1.91. The van der Waals surface area contributed by atoms with Gasteiger partial charge in [0.05, 0.1) is 19.5 Å². The molecule has 0 amide bonds. The molecule has 164 valence electrons. The van der Waals surface area contributed by atoms with Crippen molar-refractivity contribution in [2.45, 2.75) is 46.0 Å². The van der Waals surface area contributed by atoms with Crippen LogP contribution in [0.5, 0.6) is 17.2 Å². The molecule has 3 aromatic carbocycles. The Balaban J connectivity index is 2.40. The molecule has 0 aliphatic heterocycles. The van der Waals surface area contributed by atoms with Crippen molar-refractivity contribution in [1.82, 2.24) is 0 Å². The number of ether oxygens (including phenoxy) is 2. The first-order valence-electron chi connectivity index (χ1n) is 10.7. The summed E-state index contributed by atoms with van der Waals surface area (Å²) in [7, 11) is 2.26. The summed E-state index contributed by atoms with van der Waals surface area (Å²) in [6, 6.07) is 20.6. The van der Waals surface area contributed by atoms with E-state index in [9.17, 15) is 5.11 Å². The van der Waals surface area contributed by atoms with Crippen molar-refractivity contribution in [3.8, 4) is 17.2 Å². The van der Waals surface area contributed by atoms with Gasteiger partial charge in [0, 0.05) is 5.30 Å². The van der Waals surface area contributed by atoms with Gasteiger partial charge in [-0.15, -0.1) is 0 Å². The highest BCUT2D eigenvalue weighted by Crippen LogP contribution is 2.45. The van der Waals surface area contributed by atoms with E-state index in [4.69, 9.17) is 9.47 Å². The second kappa shape index (κ2) is 9.75. The molecule has 3 aromatic rings. The van der Waals surface area contributed by atoms with Crippen molar-refractivity contribution in [1.29, 1.82) is 0 Å². The lowest BCUT2D eigenvalue weighted by Crippen LogP contribution is -2.27.